The maximum absolute atomic E-state index is 4.76. The monoisotopic (exact) mass is 275 g/mol. The van der Waals surface area contributed by atoms with E-state index in [1.54, 1.807) is 0 Å². The van der Waals surface area contributed by atoms with Gasteiger partial charge in [0.25, 0.3) is 0 Å². The summed E-state index contributed by atoms with van der Waals surface area (Å²) >= 11 is 0. The van der Waals surface area contributed by atoms with Crippen molar-refractivity contribution in [1.29, 1.82) is 0 Å². The van der Waals surface area contributed by atoms with Gasteiger partial charge in [-0.3, -0.25) is 5.32 Å². The van der Waals surface area contributed by atoms with Crippen molar-refractivity contribution in [3.63, 3.8) is 0 Å². The molecule has 0 fully saturated rings. The highest BCUT2D eigenvalue weighted by atomic mass is 15.3. The maximum atomic E-state index is 4.76. The van der Waals surface area contributed by atoms with Gasteiger partial charge in [0.2, 0.25) is 0 Å². The van der Waals surface area contributed by atoms with Gasteiger partial charge in [-0.05, 0) is 30.2 Å². The van der Waals surface area contributed by atoms with Crippen LogP contribution in [0.1, 0.15) is 24.2 Å². The van der Waals surface area contributed by atoms with Crippen LogP contribution in [0.25, 0.3) is 0 Å². The molecule has 0 saturated carbocycles. The normalized spacial score (nSPS) is 20.9. The van der Waals surface area contributed by atoms with E-state index in [1.165, 1.54) is 0 Å². The molecule has 0 aromatic heterocycles. The minimum absolute atomic E-state index is 0.0173. The molecule has 2 aromatic carbocycles. The molecule has 3 nitrogen and oxygen atoms in total. The molecule has 0 amide bonds. The second-order valence-corrected chi connectivity index (χ2v) is 5.09. The standard InChI is InChI=1S/C18H17N3/c1-13(2)16-19-17(14-9-5-3-6-10-14)21-18(20-16)15-11-7-4-8-12-15/h3-7,9-11,16-17,19H,1H2,2H3,(H,20,21). The zero-order valence-electron chi connectivity index (χ0n) is 11.9. The number of aliphatic imine (C=N–C) groups is 1. The molecule has 3 heteroatoms. The molecule has 0 spiro atoms. The Morgan fingerprint density at radius 1 is 1.19 bits per heavy atom. The maximum Gasteiger partial charge on any atom is 0.140 e. The van der Waals surface area contributed by atoms with E-state index >= 15 is 0 Å². The van der Waals surface area contributed by atoms with Crippen LogP contribution in [0.15, 0.2) is 65.7 Å². The summed E-state index contributed by atoms with van der Waals surface area (Å²) in [5, 5.41) is 6.80. The Morgan fingerprint density at radius 3 is 2.67 bits per heavy atom. The van der Waals surface area contributed by atoms with Crippen molar-refractivity contribution in [1.82, 2.24) is 10.6 Å². The largest absolute Gasteiger partial charge is 0.350 e. The summed E-state index contributed by atoms with van der Waals surface area (Å²) in [4.78, 5) is 4.76. The summed E-state index contributed by atoms with van der Waals surface area (Å²) < 4.78 is 0. The first kappa shape index (κ1) is 13.4. The number of hydrogen-bond acceptors (Lipinski definition) is 3. The van der Waals surface area contributed by atoms with Crippen molar-refractivity contribution in [3.05, 3.63) is 83.9 Å². The van der Waals surface area contributed by atoms with Gasteiger partial charge in [0.05, 0.1) is 5.56 Å². The number of rotatable bonds is 3. The first-order chi connectivity index (χ1) is 10.2. The average molecular weight is 275 g/mol. The van der Waals surface area contributed by atoms with E-state index in [0.717, 1.165) is 22.5 Å². The highest BCUT2D eigenvalue weighted by Crippen LogP contribution is 2.20. The Balaban J connectivity index is 1.98. The quantitative estimate of drug-likeness (QED) is 0.845. The lowest BCUT2D eigenvalue weighted by Crippen LogP contribution is -2.51. The molecule has 0 saturated heterocycles. The van der Waals surface area contributed by atoms with Crippen molar-refractivity contribution in [2.24, 2.45) is 4.99 Å². The smallest absolute Gasteiger partial charge is 0.140 e. The molecule has 2 atom stereocenters. The number of nitrogens with zero attached hydrogens (tertiary/aromatic N) is 1. The van der Waals surface area contributed by atoms with E-state index < -0.39 is 0 Å². The second kappa shape index (κ2) is 5.82. The van der Waals surface area contributed by atoms with Gasteiger partial charge in [-0.15, -0.1) is 0 Å². The van der Waals surface area contributed by atoms with Crippen LogP contribution in [0.2, 0.25) is 0 Å². The van der Waals surface area contributed by atoms with Crippen LogP contribution >= 0.6 is 0 Å². The number of benzene rings is 1. The molecule has 3 rings (SSSR count). The van der Waals surface area contributed by atoms with Crippen molar-refractivity contribution < 1.29 is 0 Å². The molecule has 0 radical (unpaired) electrons. The van der Waals surface area contributed by atoms with Crippen LogP contribution in [-0.2, 0) is 0 Å². The van der Waals surface area contributed by atoms with E-state index in [4.69, 9.17) is 4.99 Å². The molecule has 104 valence electrons. The SMILES string of the molecule is C=C(C)C1NC(c2c#cccc2)=NC(c2ccccc2)N1. The van der Waals surface area contributed by atoms with Gasteiger partial charge < -0.3 is 5.32 Å². The molecular weight excluding hydrogens is 258 g/mol. The Labute approximate surface area is 125 Å². The molecule has 1 heterocycles. The lowest BCUT2D eigenvalue weighted by molar-refractivity contribution is 0.438. The fourth-order valence-corrected chi connectivity index (χ4v) is 2.25. The fraction of sp³-hybridized carbons (Fsp3) is 0.167. The number of amidine groups is 1. The van der Waals surface area contributed by atoms with E-state index in [-0.39, 0.29) is 12.3 Å². The van der Waals surface area contributed by atoms with E-state index in [1.807, 2.05) is 43.3 Å². The van der Waals surface area contributed by atoms with Crippen LogP contribution in [0, 0.1) is 12.1 Å². The number of hydrogen-bond donors (Lipinski definition) is 2. The average Bonchev–Trinajstić information content (AvgIpc) is 2.56. The van der Waals surface area contributed by atoms with Crippen molar-refractivity contribution in [3.8, 4) is 0 Å². The second-order valence-electron chi connectivity index (χ2n) is 5.09. The zero-order valence-corrected chi connectivity index (χ0v) is 11.9. The summed E-state index contributed by atoms with van der Waals surface area (Å²) in [6.45, 7) is 6.03. The molecule has 1 aliphatic heterocycles. The predicted molar refractivity (Wildman–Crippen MR) is 84.7 cm³/mol. The lowest BCUT2D eigenvalue weighted by atomic mass is 10.1. The minimum Gasteiger partial charge on any atom is -0.350 e. The molecule has 2 N–H and O–H groups in total. The molecule has 21 heavy (non-hydrogen) atoms. The Bertz CT molecular complexity index is 647. The van der Waals surface area contributed by atoms with Crippen LogP contribution < -0.4 is 10.6 Å². The van der Waals surface area contributed by atoms with Crippen LogP contribution in [0.5, 0.6) is 0 Å². The predicted octanol–water partition coefficient (Wildman–Crippen LogP) is 2.83. The lowest BCUT2D eigenvalue weighted by Gasteiger charge is -2.31. The van der Waals surface area contributed by atoms with Gasteiger partial charge in [-0.25, -0.2) is 4.99 Å². The van der Waals surface area contributed by atoms with Gasteiger partial charge >= 0.3 is 0 Å². The summed E-state index contributed by atoms with van der Waals surface area (Å²) in [7, 11) is 0. The summed E-state index contributed by atoms with van der Waals surface area (Å²) in [6, 6.07) is 22.0. The molecule has 0 bridgehead atoms. The van der Waals surface area contributed by atoms with Crippen molar-refractivity contribution in [2.75, 3.05) is 0 Å². The Kier molecular flexibility index (Phi) is 3.72. The third-order valence-electron chi connectivity index (χ3n) is 3.38. The van der Waals surface area contributed by atoms with Gasteiger partial charge in [-0.2, -0.15) is 0 Å². The van der Waals surface area contributed by atoms with Gasteiger partial charge in [-0.1, -0.05) is 55.1 Å². The summed E-state index contributed by atoms with van der Waals surface area (Å²) in [5.41, 5.74) is 3.05. The number of nitrogens with one attached hydrogen (secondary N) is 2. The van der Waals surface area contributed by atoms with E-state index in [9.17, 15) is 0 Å². The molecule has 2 aromatic rings. The van der Waals surface area contributed by atoms with Crippen molar-refractivity contribution >= 4 is 5.84 Å². The summed E-state index contributed by atoms with van der Waals surface area (Å²) in [5.74, 6) is 0.812. The highest BCUT2D eigenvalue weighted by Gasteiger charge is 2.24. The van der Waals surface area contributed by atoms with Crippen LogP contribution in [-0.4, -0.2) is 12.0 Å². The van der Waals surface area contributed by atoms with Crippen LogP contribution in [0.4, 0.5) is 0 Å². The Morgan fingerprint density at radius 2 is 2.00 bits per heavy atom. The van der Waals surface area contributed by atoms with E-state index in [0.29, 0.717) is 0 Å². The topological polar surface area (TPSA) is 36.4 Å². The first-order valence-electron chi connectivity index (χ1n) is 6.93. The highest BCUT2D eigenvalue weighted by molar-refractivity contribution is 5.99. The van der Waals surface area contributed by atoms with E-state index in [2.05, 4.69) is 41.5 Å². The van der Waals surface area contributed by atoms with Gasteiger partial charge in [0, 0.05) is 0 Å². The van der Waals surface area contributed by atoms with Crippen molar-refractivity contribution in [2.45, 2.75) is 19.3 Å². The van der Waals surface area contributed by atoms with Gasteiger partial charge in [0.15, 0.2) is 0 Å². The van der Waals surface area contributed by atoms with Crippen LogP contribution in [0.3, 0.4) is 0 Å². The fourth-order valence-electron chi connectivity index (χ4n) is 2.25. The molecule has 1 aliphatic rings. The third-order valence-corrected chi connectivity index (χ3v) is 3.38. The molecular formula is C18H17N3. The molecule has 0 aliphatic carbocycles. The van der Waals surface area contributed by atoms with Gasteiger partial charge in [0.1, 0.15) is 18.2 Å². The molecule has 2 unspecified atom stereocenters. The Hall–Kier alpha value is -2.57. The first-order valence-corrected chi connectivity index (χ1v) is 6.93. The minimum atomic E-state index is -0.0993. The zero-order chi connectivity index (χ0) is 14.7. The summed E-state index contributed by atoms with van der Waals surface area (Å²) in [6.07, 6.45) is -0.117. The third kappa shape index (κ3) is 2.96.